The first kappa shape index (κ1) is 17.5. The highest BCUT2D eigenvalue weighted by Crippen LogP contribution is 2.22. The minimum atomic E-state index is -0.259. The van der Waals surface area contributed by atoms with E-state index < -0.39 is 0 Å². The Labute approximate surface area is 151 Å². The lowest BCUT2D eigenvalue weighted by molar-refractivity contribution is -0.129. The second-order valence-corrected chi connectivity index (χ2v) is 6.59. The third-order valence-electron chi connectivity index (χ3n) is 4.44. The van der Waals surface area contributed by atoms with Gasteiger partial charge in [0.15, 0.2) is 0 Å². The van der Waals surface area contributed by atoms with Gasteiger partial charge in [-0.05, 0) is 51.0 Å². The van der Waals surface area contributed by atoms with Crippen molar-refractivity contribution in [2.45, 2.75) is 26.7 Å². The van der Waals surface area contributed by atoms with Crippen molar-refractivity contribution in [2.75, 3.05) is 19.6 Å². The Kier molecular flexibility index (Phi) is 5.08. The standard InChI is InChI=1S/C18H21ClN4O2/c1-12-17(19)13(2)23(21-12)15-7-5-14(6-8-15)18(25)20-11-16(24)22-9-3-4-10-22/h5-8H,3-4,9-11H2,1-2H3,(H,20,25). The number of nitrogens with zero attached hydrogens (tertiary/aromatic N) is 3. The van der Waals surface area contributed by atoms with Crippen LogP contribution in [-0.4, -0.2) is 46.1 Å². The van der Waals surface area contributed by atoms with E-state index in [0.717, 1.165) is 43.0 Å². The molecule has 0 bridgehead atoms. The van der Waals surface area contributed by atoms with Crippen LogP contribution >= 0.6 is 11.6 Å². The zero-order valence-electron chi connectivity index (χ0n) is 14.4. The van der Waals surface area contributed by atoms with Crippen LogP contribution in [0.4, 0.5) is 0 Å². The maximum Gasteiger partial charge on any atom is 0.251 e. The highest BCUT2D eigenvalue weighted by Gasteiger charge is 2.18. The summed E-state index contributed by atoms with van der Waals surface area (Å²) in [4.78, 5) is 26.0. The van der Waals surface area contributed by atoms with Gasteiger partial charge in [0.2, 0.25) is 5.91 Å². The summed E-state index contributed by atoms with van der Waals surface area (Å²) in [5.41, 5.74) is 2.96. The average Bonchev–Trinajstić information content (AvgIpc) is 3.24. The predicted octanol–water partition coefficient (Wildman–Crippen LogP) is 2.49. The molecular formula is C18H21ClN4O2. The van der Waals surface area contributed by atoms with Crippen LogP contribution in [0.3, 0.4) is 0 Å². The second kappa shape index (κ2) is 7.27. The first-order valence-electron chi connectivity index (χ1n) is 8.35. The Bertz CT molecular complexity index is 792. The van der Waals surface area contributed by atoms with E-state index in [-0.39, 0.29) is 18.4 Å². The van der Waals surface area contributed by atoms with Crippen LogP contribution in [-0.2, 0) is 4.79 Å². The number of hydrogen-bond acceptors (Lipinski definition) is 3. The highest BCUT2D eigenvalue weighted by molar-refractivity contribution is 6.31. The summed E-state index contributed by atoms with van der Waals surface area (Å²) in [6.07, 6.45) is 2.08. The number of aryl methyl sites for hydroxylation is 1. The molecule has 1 N–H and O–H groups in total. The van der Waals surface area contributed by atoms with Gasteiger partial charge in [-0.25, -0.2) is 4.68 Å². The van der Waals surface area contributed by atoms with E-state index in [1.54, 1.807) is 21.7 Å². The van der Waals surface area contributed by atoms with Crippen molar-refractivity contribution in [2.24, 2.45) is 0 Å². The average molecular weight is 361 g/mol. The zero-order valence-corrected chi connectivity index (χ0v) is 15.1. The molecule has 7 heteroatoms. The van der Waals surface area contributed by atoms with Crippen LogP contribution in [0.5, 0.6) is 0 Å². The van der Waals surface area contributed by atoms with Gasteiger partial charge in [0.1, 0.15) is 0 Å². The molecule has 0 unspecified atom stereocenters. The van der Waals surface area contributed by atoms with E-state index >= 15 is 0 Å². The molecule has 2 aromatic rings. The van der Waals surface area contributed by atoms with Crippen LogP contribution < -0.4 is 5.32 Å². The van der Waals surface area contributed by atoms with E-state index in [1.165, 1.54) is 0 Å². The summed E-state index contributed by atoms with van der Waals surface area (Å²) in [6.45, 7) is 5.36. The molecule has 0 aliphatic carbocycles. The van der Waals surface area contributed by atoms with Crippen molar-refractivity contribution < 1.29 is 9.59 Å². The zero-order chi connectivity index (χ0) is 18.0. The van der Waals surface area contributed by atoms with Crippen LogP contribution in [0, 0.1) is 13.8 Å². The van der Waals surface area contributed by atoms with Crippen LogP contribution in [0.1, 0.15) is 34.6 Å². The molecule has 1 aliphatic rings. The molecule has 25 heavy (non-hydrogen) atoms. The van der Waals surface area contributed by atoms with Gasteiger partial charge in [-0.1, -0.05) is 11.6 Å². The molecule has 3 rings (SSSR count). The molecule has 1 fully saturated rings. The third kappa shape index (κ3) is 3.69. The molecule has 1 aromatic heterocycles. The van der Waals surface area contributed by atoms with Gasteiger partial charge in [0, 0.05) is 18.7 Å². The van der Waals surface area contributed by atoms with Crippen LogP contribution in [0.15, 0.2) is 24.3 Å². The number of carbonyl (C=O) groups excluding carboxylic acids is 2. The van der Waals surface area contributed by atoms with Crippen molar-refractivity contribution in [1.29, 1.82) is 0 Å². The number of amides is 2. The summed E-state index contributed by atoms with van der Waals surface area (Å²) in [5.74, 6) is -0.287. The number of nitrogens with one attached hydrogen (secondary N) is 1. The van der Waals surface area contributed by atoms with E-state index in [1.807, 2.05) is 26.0 Å². The molecule has 2 amide bonds. The maximum atomic E-state index is 12.2. The lowest BCUT2D eigenvalue weighted by Crippen LogP contribution is -2.38. The molecule has 0 spiro atoms. The lowest BCUT2D eigenvalue weighted by atomic mass is 10.2. The molecule has 6 nitrogen and oxygen atoms in total. The quantitative estimate of drug-likeness (QED) is 0.910. The Balaban J connectivity index is 1.64. The molecule has 2 heterocycles. The number of halogens is 1. The number of hydrogen-bond donors (Lipinski definition) is 1. The van der Waals surface area contributed by atoms with Crippen molar-refractivity contribution in [3.05, 3.63) is 46.2 Å². The Hall–Kier alpha value is -2.34. The van der Waals surface area contributed by atoms with Gasteiger partial charge < -0.3 is 10.2 Å². The van der Waals surface area contributed by atoms with Gasteiger partial charge >= 0.3 is 0 Å². The smallest absolute Gasteiger partial charge is 0.251 e. The molecule has 132 valence electrons. The van der Waals surface area contributed by atoms with Crippen molar-refractivity contribution in [3.63, 3.8) is 0 Å². The SMILES string of the molecule is Cc1nn(-c2ccc(C(=O)NCC(=O)N3CCCC3)cc2)c(C)c1Cl. The maximum absolute atomic E-state index is 12.2. The highest BCUT2D eigenvalue weighted by atomic mass is 35.5. The second-order valence-electron chi connectivity index (χ2n) is 6.21. The molecular weight excluding hydrogens is 340 g/mol. The first-order chi connectivity index (χ1) is 12.0. The molecule has 1 aromatic carbocycles. The number of benzene rings is 1. The van der Waals surface area contributed by atoms with Gasteiger partial charge in [-0.2, -0.15) is 5.10 Å². The minimum Gasteiger partial charge on any atom is -0.343 e. The number of aromatic nitrogens is 2. The summed E-state index contributed by atoms with van der Waals surface area (Å²) >= 11 is 6.17. The minimum absolute atomic E-state index is 0.0280. The summed E-state index contributed by atoms with van der Waals surface area (Å²) in [5, 5.41) is 7.72. The van der Waals surface area contributed by atoms with Crippen LogP contribution in [0.2, 0.25) is 5.02 Å². The Morgan fingerprint density at radius 2 is 1.80 bits per heavy atom. The molecule has 1 saturated heterocycles. The van der Waals surface area contributed by atoms with Gasteiger partial charge in [-0.15, -0.1) is 0 Å². The van der Waals surface area contributed by atoms with E-state index in [0.29, 0.717) is 10.6 Å². The van der Waals surface area contributed by atoms with Crippen LogP contribution in [0.25, 0.3) is 5.69 Å². The third-order valence-corrected chi connectivity index (χ3v) is 4.98. The van der Waals surface area contributed by atoms with Crippen molar-refractivity contribution >= 4 is 23.4 Å². The first-order valence-corrected chi connectivity index (χ1v) is 8.73. The normalized spacial score (nSPS) is 14.0. The predicted molar refractivity (Wildman–Crippen MR) is 96.2 cm³/mol. The summed E-state index contributed by atoms with van der Waals surface area (Å²) in [6, 6.07) is 7.06. The molecule has 0 atom stereocenters. The fourth-order valence-electron chi connectivity index (χ4n) is 2.97. The Morgan fingerprint density at radius 1 is 1.16 bits per heavy atom. The number of rotatable bonds is 4. The summed E-state index contributed by atoms with van der Waals surface area (Å²) < 4.78 is 1.75. The number of carbonyl (C=O) groups is 2. The van der Waals surface area contributed by atoms with E-state index in [2.05, 4.69) is 10.4 Å². The largest absolute Gasteiger partial charge is 0.343 e. The topological polar surface area (TPSA) is 67.2 Å². The van der Waals surface area contributed by atoms with Gasteiger partial charge in [0.25, 0.3) is 5.91 Å². The summed E-state index contributed by atoms with van der Waals surface area (Å²) in [7, 11) is 0. The Morgan fingerprint density at radius 3 is 2.36 bits per heavy atom. The van der Waals surface area contributed by atoms with E-state index in [4.69, 9.17) is 11.6 Å². The van der Waals surface area contributed by atoms with E-state index in [9.17, 15) is 9.59 Å². The lowest BCUT2D eigenvalue weighted by Gasteiger charge is -2.15. The molecule has 1 aliphatic heterocycles. The molecule has 0 radical (unpaired) electrons. The van der Waals surface area contributed by atoms with Crippen molar-refractivity contribution in [3.8, 4) is 5.69 Å². The van der Waals surface area contributed by atoms with Gasteiger partial charge in [-0.3, -0.25) is 9.59 Å². The number of likely N-dealkylation sites (tertiary alicyclic amines) is 1. The molecule has 0 saturated carbocycles. The monoisotopic (exact) mass is 360 g/mol. The van der Waals surface area contributed by atoms with Gasteiger partial charge in [0.05, 0.1) is 28.6 Å². The fraction of sp³-hybridized carbons (Fsp3) is 0.389. The van der Waals surface area contributed by atoms with Crippen molar-refractivity contribution in [1.82, 2.24) is 20.0 Å². The fourth-order valence-corrected chi connectivity index (χ4v) is 3.08.